The molecule has 0 unspecified atom stereocenters. The molecule has 0 aliphatic heterocycles. The van der Waals surface area contributed by atoms with Crippen molar-refractivity contribution in [3.05, 3.63) is 49.1 Å². The van der Waals surface area contributed by atoms with Gasteiger partial charge in [-0.25, -0.2) is 4.98 Å². The first-order valence-electron chi connectivity index (χ1n) is 5.30. The van der Waals surface area contributed by atoms with Gasteiger partial charge in [-0.3, -0.25) is 4.98 Å². The van der Waals surface area contributed by atoms with Crippen LogP contribution in [0.3, 0.4) is 0 Å². The summed E-state index contributed by atoms with van der Waals surface area (Å²) in [4.78, 5) is 8.30. The van der Waals surface area contributed by atoms with Crippen molar-refractivity contribution < 1.29 is 4.74 Å². The smallest absolute Gasteiger partial charge is 0.222 e. The fraction of sp³-hybridized carbons (Fsp3) is 0.0769. The van der Waals surface area contributed by atoms with Crippen LogP contribution < -0.4 is 4.74 Å². The van der Waals surface area contributed by atoms with E-state index in [1.807, 2.05) is 36.7 Å². The van der Waals surface area contributed by atoms with Crippen molar-refractivity contribution >= 4 is 10.9 Å². The van der Waals surface area contributed by atoms with Crippen molar-refractivity contribution in [3.8, 4) is 11.6 Å². The molecule has 0 saturated carbocycles. The summed E-state index contributed by atoms with van der Waals surface area (Å²) in [5.41, 5.74) is 2.08. The van der Waals surface area contributed by atoms with Crippen molar-refractivity contribution in [2.45, 2.75) is 0 Å². The predicted molar refractivity (Wildman–Crippen MR) is 65.4 cm³/mol. The molecule has 84 valence electrons. The highest BCUT2D eigenvalue weighted by Gasteiger charge is 2.07. The largest absolute Gasteiger partial charge is 0.481 e. The van der Waals surface area contributed by atoms with E-state index in [0.29, 0.717) is 5.88 Å². The van der Waals surface area contributed by atoms with Gasteiger partial charge in [-0.05, 0) is 24.3 Å². The normalized spacial score (nSPS) is 10.6. The average molecular weight is 225 g/mol. The van der Waals surface area contributed by atoms with Gasteiger partial charge in [0, 0.05) is 18.6 Å². The summed E-state index contributed by atoms with van der Waals surface area (Å²) in [6, 6.07) is 7.89. The molecule has 17 heavy (non-hydrogen) atoms. The quantitative estimate of drug-likeness (QED) is 0.672. The summed E-state index contributed by atoms with van der Waals surface area (Å²) < 4.78 is 7.30. The van der Waals surface area contributed by atoms with E-state index in [0.717, 1.165) is 16.6 Å². The van der Waals surface area contributed by atoms with E-state index in [1.165, 1.54) is 0 Å². The second-order valence-corrected chi connectivity index (χ2v) is 3.65. The standard InChI is InChI=1S/C13H11N3O/c1-17-13-11-5-8-16(12(11)4-7-15-13)10-3-2-6-14-9-10/h2-9H,1H3. The number of methoxy groups -OCH3 is 1. The van der Waals surface area contributed by atoms with Gasteiger partial charge in [0.15, 0.2) is 0 Å². The maximum atomic E-state index is 5.24. The van der Waals surface area contributed by atoms with Crippen LogP contribution >= 0.6 is 0 Å². The van der Waals surface area contributed by atoms with Crippen molar-refractivity contribution in [1.29, 1.82) is 0 Å². The molecule has 0 fully saturated rings. The number of aromatic nitrogens is 3. The van der Waals surface area contributed by atoms with Gasteiger partial charge in [0.2, 0.25) is 5.88 Å². The molecule has 0 atom stereocenters. The minimum absolute atomic E-state index is 0.644. The number of ether oxygens (including phenoxy) is 1. The molecular formula is C13H11N3O. The zero-order valence-corrected chi connectivity index (χ0v) is 9.37. The predicted octanol–water partition coefficient (Wildman–Crippen LogP) is 2.43. The van der Waals surface area contributed by atoms with Gasteiger partial charge in [0.1, 0.15) is 0 Å². The molecule has 0 N–H and O–H groups in total. The fourth-order valence-electron chi connectivity index (χ4n) is 1.92. The molecule has 0 bridgehead atoms. The van der Waals surface area contributed by atoms with Crippen molar-refractivity contribution in [2.24, 2.45) is 0 Å². The van der Waals surface area contributed by atoms with Crippen LogP contribution in [0.1, 0.15) is 0 Å². The first kappa shape index (κ1) is 9.84. The summed E-state index contributed by atoms with van der Waals surface area (Å²) in [5, 5.41) is 0.999. The molecule has 3 aromatic rings. The van der Waals surface area contributed by atoms with Crippen molar-refractivity contribution in [1.82, 2.24) is 14.5 Å². The van der Waals surface area contributed by atoms with E-state index >= 15 is 0 Å². The number of hydrogen-bond donors (Lipinski definition) is 0. The van der Waals surface area contributed by atoms with Gasteiger partial charge in [0.25, 0.3) is 0 Å². The van der Waals surface area contributed by atoms with Gasteiger partial charge < -0.3 is 9.30 Å². The number of rotatable bonds is 2. The van der Waals surface area contributed by atoms with Crippen LogP contribution in [0.25, 0.3) is 16.6 Å². The highest BCUT2D eigenvalue weighted by atomic mass is 16.5. The van der Waals surface area contributed by atoms with E-state index in [4.69, 9.17) is 4.74 Å². The van der Waals surface area contributed by atoms with Gasteiger partial charge in [-0.15, -0.1) is 0 Å². The Morgan fingerprint density at radius 2 is 2.12 bits per heavy atom. The SMILES string of the molecule is COc1nccc2c1ccn2-c1cccnc1. The van der Waals surface area contributed by atoms with Gasteiger partial charge in [-0.2, -0.15) is 0 Å². The van der Waals surface area contributed by atoms with E-state index in [2.05, 4.69) is 14.5 Å². The summed E-state index contributed by atoms with van der Waals surface area (Å²) >= 11 is 0. The van der Waals surface area contributed by atoms with Gasteiger partial charge in [0.05, 0.1) is 29.9 Å². The van der Waals surface area contributed by atoms with E-state index in [-0.39, 0.29) is 0 Å². The zero-order valence-electron chi connectivity index (χ0n) is 9.37. The highest BCUT2D eigenvalue weighted by molar-refractivity contribution is 5.86. The lowest BCUT2D eigenvalue weighted by molar-refractivity contribution is 0.403. The molecule has 4 nitrogen and oxygen atoms in total. The zero-order chi connectivity index (χ0) is 11.7. The van der Waals surface area contributed by atoms with Crippen LogP contribution in [0.15, 0.2) is 49.1 Å². The van der Waals surface area contributed by atoms with Crippen LogP contribution in [0.2, 0.25) is 0 Å². The monoisotopic (exact) mass is 225 g/mol. The summed E-state index contributed by atoms with van der Waals surface area (Å²) in [6.45, 7) is 0. The summed E-state index contributed by atoms with van der Waals surface area (Å²) in [6.07, 6.45) is 7.32. The van der Waals surface area contributed by atoms with Crippen molar-refractivity contribution in [2.75, 3.05) is 7.11 Å². The average Bonchev–Trinajstić information content (AvgIpc) is 2.83. The molecule has 3 aromatic heterocycles. The minimum atomic E-state index is 0.644. The first-order chi connectivity index (χ1) is 8.40. The molecule has 0 spiro atoms. The lowest BCUT2D eigenvalue weighted by Gasteiger charge is -2.05. The van der Waals surface area contributed by atoms with E-state index < -0.39 is 0 Å². The van der Waals surface area contributed by atoms with Crippen LogP contribution in [0.4, 0.5) is 0 Å². The van der Waals surface area contributed by atoms with Crippen LogP contribution in [0.5, 0.6) is 5.88 Å². The molecule has 3 heterocycles. The van der Waals surface area contributed by atoms with E-state index in [1.54, 1.807) is 19.5 Å². The Hall–Kier alpha value is -2.36. The van der Waals surface area contributed by atoms with Crippen molar-refractivity contribution in [3.63, 3.8) is 0 Å². The lowest BCUT2D eigenvalue weighted by Crippen LogP contribution is -1.93. The second kappa shape index (κ2) is 3.90. The maximum absolute atomic E-state index is 5.24. The molecule has 4 heteroatoms. The van der Waals surface area contributed by atoms with Crippen LogP contribution in [-0.2, 0) is 0 Å². The van der Waals surface area contributed by atoms with Crippen LogP contribution in [0, 0.1) is 0 Å². The highest BCUT2D eigenvalue weighted by Crippen LogP contribution is 2.25. The summed E-state index contributed by atoms with van der Waals surface area (Å²) in [7, 11) is 1.63. The maximum Gasteiger partial charge on any atom is 0.222 e. The third-order valence-corrected chi connectivity index (χ3v) is 2.70. The molecule has 0 radical (unpaired) electrons. The third kappa shape index (κ3) is 1.54. The number of hydrogen-bond acceptors (Lipinski definition) is 3. The van der Waals surface area contributed by atoms with E-state index in [9.17, 15) is 0 Å². The first-order valence-corrected chi connectivity index (χ1v) is 5.30. The lowest BCUT2D eigenvalue weighted by atomic mass is 10.3. The minimum Gasteiger partial charge on any atom is -0.481 e. The number of nitrogens with zero attached hydrogens (tertiary/aromatic N) is 3. The molecule has 0 amide bonds. The summed E-state index contributed by atoms with van der Waals surface area (Å²) in [5.74, 6) is 0.644. The Bertz CT molecular complexity index is 646. The second-order valence-electron chi connectivity index (χ2n) is 3.65. The van der Waals surface area contributed by atoms with Crippen LogP contribution in [-0.4, -0.2) is 21.6 Å². The molecule has 0 aliphatic rings. The molecule has 0 saturated heterocycles. The Labute approximate surface area is 98.5 Å². The Morgan fingerprint density at radius 3 is 2.88 bits per heavy atom. The topological polar surface area (TPSA) is 39.9 Å². The third-order valence-electron chi connectivity index (χ3n) is 2.70. The Balaban J connectivity index is 2.26. The molecule has 3 rings (SSSR count). The molecular weight excluding hydrogens is 214 g/mol. The fourth-order valence-corrected chi connectivity index (χ4v) is 1.92. The Kier molecular flexibility index (Phi) is 2.26. The number of pyridine rings is 2. The van der Waals surface area contributed by atoms with Gasteiger partial charge >= 0.3 is 0 Å². The van der Waals surface area contributed by atoms with Gasteiger partial charge in [-0.1, -0.05) is 0 Å². The number of fused-ring (bicyclic) bond motifs is 1. The Morgan fingerprint density at radius 1 is 1.18 bits per heavy atom. The molecule has 0 aromatic carbocycles. The molecule has 0 aliphatic carbocycles.